The van der Waals surface area contributed by atoms with Crippen molar-refractivity contribution in [3.63, 3.8) is 0 Å². The van der Waals surface area contributed by atoms with E-state index in [1.54, 1.807) is 12.2 Å². The molecule has 0 amide bonds. The zero-order chi connectivity index (χ0) is 19.5. The van der Waals surface area contributed by atoms with E-state index in [1.807, 2.05) is 24.3 Å². The molecular formula is C22H34O4. The van der Waals surface area contributed by atoms with Gasteiger partial charge >= 0.3 is 5.97 Å². The average Bonchev–Trinajstić information content (AvgIpc) is 2.63. The molecule has 0 rings (SSSR count). The lowest BCUT2D eigenvalue weighted by Gasteiger charge is -2.02. The van der Waals surface area contributed by atoms with Crippen LogP contribution in [-0.2, 0) is 4.79 Å². The van der Waals surface area contributed by atoms with Crippen molar-refractivity contribution in [3.05, 3.63) is 59.8 Å². The molecule has 0 saturated heterocycles. The normalized spacial score (nSPS) is 13.5. The van der Waals surface area contributed by atoms with E-state index in [1.165, 1.54) is 51.0 Å². The molecule has 0 spiro atoms. The van der Waals surface area contributed by atoms with Crippen LogP contribution in [0.25, 0.3) is 0 Å². The van der Waals surface area contributed by atoms with Gasteiger partial charge in [-0.3, -0.25) is 0 Å². The van der Waals surface area contributed by atoms with Crippen molar-refractivity contribution in [3.8, 4) is 0 Å². The first kappa shape index (κ1) is 24.1. The van der Waals surface area contributed by atoms with Crippen LogP contribution < -0.4 is 0 Å². The maximum absolute atomic E-state index is 10.9. The number of unbranched alkanes of at least 4 members (excludes halogenated alkanes) is 7. The predicted molar refractivity (Wildman–Crippen MR) is 108 cm³/mol. The molecule has 0 aliphatic heterocycles. The SMILES string of the molecule is CCCCCCCCCC=CC=CC=CC=CC(CO)=C(CO)C(=O)O. The molecule has 0 radical (unpaired) electrons. The van der Waals surface area contributed by atoms with Crippen LogP contribution in [0.5, 0.6) is 0 Å². The molecule has 0 aromatic heterocycles. The molecule has 26 heavy (non-hydrogen) atoms. The summed E-state index contributed by atoms with van der Waals surface area (Å²) >= 11 is 0. The van der Waals surface area contributed by atoms with Crippen LogP contribution in [0.1, 0.15) is 58.3 Å². The summed E-state index contributed by atoms with van der Waals surface area (Å²) in [6.45, 7) is 1.20. The Bertz CT molecular complexity index is 510. The van der Waals surface area contributed by atoms with Gasteiger partial charge in [0.25, 0.3) is 0 Å². The second-order valence-corrected chi connectivity index (χ2v) is 6.09. The Hall–Kier alpha value is -1.91. The average molecular weight is 363 g/mol. The number of aliphatic hydroxyl groups is 2. The Morgan fingerprint density at radius 1 is 0.769 bits per heavy atom. The number of rotatable bonds is 15. The Labute approximate surface area is 157 Å². The largest absolute Gasteiger partial charge is 0.478 e. The third kappa shape index (κ3) is 13.4. The summed E-state index contributed by atoms with van der Waals surface area (Å²) in [7, 11) is 0. The standard InChI is InChI=1S/C22H34O4/c1-2-3-4-5-6-7-8-9-10-11-12-13-14-15-16-17-20(18-23)21(19-24)22(25)26/h10-17,23-24H,2-9,18-19H2,1H3,(H,25,26). The zero-order valence-corrected chi connectivity index (χ0v) is 15.9. The molecule has 0 heterocycles. The van der Waals surface area contributed by atoms with Crippen LogP contribution in [0.3, 0.4) is 0 Å². The monoisotopic (exact) mass is 362 g/mol. The minimum absolute atomic E-state index is 0.194. The Morgan fingerprint density at radius 2 is 1.35 bits per heavy atom. The lowest BCUT2D eigenvalue weighted by molar-refractivity contribution is -0.133. The van der Waals surface area contributed by atoms with Crippen LogP contribution in [0.4, 0.5) is 0 Å². The van der Waals surface area contributed by atoms with E-state index in [0.29, 0.717) is 0 Å². The smallest absolute Gasteiger partial charge is 0.334 e. The van der Waals surface area contributed by atoms with E-state index in [-0.39, 0.29) is 11.1 Å². The van der Waals surface area contributed by atoms with Gasteiger partial charge in [0.15, 0.2) is 0 Å². The van der Waals surface area contributed by atoms with E-state index in [9.17, 15) is 4.79 Å². The second kappa shape index (κ2) is 17.9. The maximum Gasteiger partial charge on any atom is 0.334 e. The summed E-state index contributed by atoms with van der Waals surface area (Å²) in [6.07, 6.45) is 25.1. The summed E-state index contributed by atoms with van der Waals surface area (Å²) < 4.78 is 0. The highest BCUT2D eigenvalue weighted by molar-refractivity contribution is 5.88. The van der Waals surface area contributed by atoms with Crippen LogP contribution in [-0.4, -0.2) is 34.5 Å². The van der Waals surface area contributed by atoms with Crippen molar-refractivity contribution in [1.29, 1.82) is 0 Å². The van der Waals surface area contributed by atoms with Gasteiger partial charge in [-0.2, -0.15) is 0 Å². The molecule has 0 bridgehead atoms. The van der Waals surface area contributed by atoms with E-state index >= 15 is 0 Å². The van der Waals surface area contributed by atoms with Crippen LogP contribution in [0.2, 0.25) is 0 Å². The van der Waals surface area contributed by atoms with Crippen molar-refractivity contribution >= 4 is 5.97 Å². The molecule has 4 heteroatoms. The number of hydrogen-bond acceptors (Lipinski definition) is 3. The fraction of sp³-hybridized carbons (Fsp3) is 0.500. The summed E-state index contributed by atoms with van der Waals surface area (Å²) in [5, 5.41) is 27.1. The van der Waals surface area contributed by atoms with Gasteiger partial charge in [0, 0.05) is 0 Å². The van der Waals surface area contributed by atoms with Crippen molar-refractivity contribution in [1.82, 2.24) is 0 Å². The minimum Gasteiger partial charge on any atom is -0.478 e. The second-order valence-electron chi connectivity index (χ2n) is 6.09. The van der Waals surface area contributed by atoms with Gasteiger partial charge in [0.05, 0.1) is 18.8 Å². The number of aliphatic carboxylic acids is 1. The van der Waals surface area contributed by atoms with Gasteiger partial charge in [0.2, 0.25) is 0 Å². The molecule has 0 unspecified atom stereocenters. The number of carboxylic acids is 1. The molecule has 0 fully saturated rings. The first-order chi connectivity index (χ1) is 12.7. The van der Waals surface area contributed by atoms with E-state index in [0.717, 1.165) is 6.42 Å². The van der Waals surface area contributed by atoms with E-state index < -0.39 is 19.2 Å². The maximum atomic E-state index is 10.9. The van der Waals surface area contributed by atoms with Gasteiger partial charge in [-0.05, 0) is 18.4 Å². The Balaban J connectivity index is 4.01. The summed E-state index contributed by atoms with van der Waals surface area (Å²) in [5.41, 5.74) is 0.00390. The number of hydrogen-bond donors (Lipinski definition) is 3. The summed E-state index contributed by atoms with van der Waals surface area (Å²) in [5.74, 6) is -1.23. The van der Waals surface area contributed by atoms with Gasteiger partial charge in [-0.25, -0.2) is 4.79 Å². The molecular weight excluding hydrogens is 328 g/mol. The molecule has 4 nitrogen and oxygen atoms in total. The third-order valence-electron chi connectivity index (χ3n) is 3.94. The highest BCUT2D eigenvalue weighted by atomic mass is 16.4. The van der Waals surface area contributed by atoms with E-state index in [2.05, 4.69) is 13.0 Å². The van der Waals surface area contributed by atoms with Crippen LogP contribution in [0.15, 0.2) is 59.8 Å². The molecule has 3 N–H and O–H groups in total. The fourth-order valence-electron chi connectivity index (χ4n) is 2.38. The molecule has 0 aliphatic carbocycles. The molecule has 0 aliphatic rings. The predicted octanol–water partition coefficient (Wildman–Crippen LogP) is 4.72. The molecule has 0 atom stereocenters. The first-order valence-corrected chi connectivity index (χ1v) is 9.50. The highest BCUT2D eigenvalue weighted by Crippen LogP contribution is 2.08. The number of aliphatic hydroxyl groups excluding tert-OH is 2. The minimum atomic E-state index is -1.23. The highest BCUT2D eigenvalue weighted by Gasteiger charge is 2.10. The molecule has 0 saturated carbocycles. The van der Waals surface area contributed by atoms with Gasteiger partial charge in [0.1, 0.15) is 0 Å². The Kier molecular flexibility index (Phi) is 16.6. The van der Waals surface area contributed by atoms with Gasteiger partial charge in [-0.15, -0.1) is 0 Å². The molecule has 146 valence electrons. The number of allylic oxidation sites excluding steroid dienone is 7. The fourth-order valence-corrected chi connectivity index (χ4v) is 2.38. The first-order valence-electron chi connectivity index (χ1n) is 9.50. The summed E-state index contributed by atoms with van der Waals surface area (Å²) in [6, 6.07) is 0. The lowest BCUT2D eigenvalue weighted by Crippen LogP contribution is -2.09. The number of carbonyl (C=O) groups is 1. The van der Waals surface area contributed by atoms with Crippen LogP contribution in [0, 0.1) is 0 Å². The summed E-state index contributed by atoms with van der Waals surface area (Å²) in [4.78, 5) is 10.9. The quantitative estimate of drug-likeness (QED) is 0.224. The van der Waals surface area contributed by atoms with Gasteiger partial charge < -0.3 is 15.3 Å². The zero-order valence-electron chi connectivity index (χ0n) is 15.9. The number of carboxylic acid groups (broad SMARTS) is 1. The molecule has 0 aromatic rings. The Morgan fingerprint density at radius 3 is 1.92 bits per heavy atom. The van der Waals surface area contributed by atoms with Crippen molar-refractivity contribution < 1.29 is 20.1 Å². The molecule has 0 aromatic carbocycles. The lowest BCUT2D eigenvalue weighted by atomic mass is 10.1. The topological polar surface area (TPSA) is 77.8 Å². The van der Waals surface area contributed by atoms with Crippen molar-refractivity contribution in [2.24, 2.45) is 0 Å². The van der Waals surface area contributed by atoms with E-state index in [4.69, 9.17) is 15.3 Å². The van der Waals surface area contributed by atoms with Crippen molar-refractivity contribution in [2.75, 3.05) is 13.2 Å². The van der Waals surface area contributed by atoms with Crippen molar-refractivity contribution in [2.45, 2.75) is 58.3 Å². The van der Waals surface area contributed by atoms with Gasteiger partial charge in [-0.1, -0.05) is 94.1 Å². The van der Waals surface area contributed by atoms with Crippen LogP contribution >= 0.6 is 0 Å². The third-order valence-corrected chi connectivity index (χ3v) is 3.94.